The maximum atomic E-state index is 12.7. The van der Waals surface area contributed by atoms with Crippen LogP contribution in [0.2, 0.25) is 0 Å². The third kappa shape index (κ3) is 3.41. The Morgan fingerprint density at radius 3 is 2.74 bits per heavy atom. The highest BCUT2D eigenvalue weighted by Gasteiger charge is 2.10. The van der Waals surface area contributed by atoms with E-state index in [2.05, 4.69) is 4.98 Å². The van der Waals surface area contributed by atoms with Crippen molar-refractivity contribution in [3.63, 3.8) is 0 Å². The molecule has 0 atom stereocenters. The van der Waals surface area contributed by atoms with E-state index in [0.29, 0.717) is 21.8 Å². The van der Waals surface area contributed by atoms with E-state index in [1.807, 2.05) is 42.5 Å². The molecule has 2 aromatic heterocycles. The predicted molar refractivity (Wildman–Crippen MR) is 104 cm³/mol. The SMILES string of the molecule is CCOC(=O)COc1ccc(C=c2sc3nc4ccccc4n3c2=O)cc1. The number of nitrogens with zero attached hydrogens (tertiary/aromatic N) is 2. The first-order valence-corrected chi connectivity index (χ1v) is 9.27. The molecule has 4 rings (SSSR count). The van der Waals surface area contributed by atoms with Crippen LogP contribution in [0.3, 0.4) is 0 Å². The Labute approximate surface area is 158 Å². The Kier molecular flexibility index (Phi) is 4.60. The molecule has 0 saturated heterocycles. The largest absolute Gasteiger partial charge is 0.482 e. The van der Waals surface area contributed by atoms with E-state index in [1.165, 1.54) is 11.3 Å². The van der Waals surface area contributed by atoms with Gasteiger partial charge >= 0.3 is 5.97 Å². The van der Waals surface area contributed by atoms with E-state index in [4.69, 9.17) is 9.47 Å². The topological polar surface area (TPSA) is 69.9 Å². The normalized spacial score (nSPS) is 12.0. The van der Waals surface area contributed by atoms with Gasteiger partial charge in [-0.05, 0) is 42.8 Å². The van der Waals surface area contributed by atoms with Gasteiger partial charge in [-0.1, -0.05) is 35.6 Å². The Morgan fingerprint density at radius 1 is 1.19 bits per heavy atom. The summed E-state index contributed by atoms with van der Waals surface area (Å²) in [6.07, 6.45) is 1.82. The van der Waals surface area contributed by atoms with Gasteiger partial charge in [-0.2, -0.15) is 0 Å². The summed E-state index contributed by atoms with van der Waals surface area (Å²) < 4.78 is 12.4. The number of hydrogen-bond acceptors (Lipinski definition) is 6. The molecule has 0 bridgehead atoms. The van der Waals surface area contributed by atoms with E-state index >= 15 is 0 Å². The number of thiazole rings is 1. The van der Waals surface area contributed by atoms with Crippen molar-refractivity contribution in [1.29, 1.82) is 0 Å². The van der Waals surface area contributed by atoms with Gasteiger partial charge in [0, 0.05) is 0 Å². The summed E-state index contributed by atoms with van der Waals surface area (Å²) in [4.78, 5) is 29.2. The minimum absolute atomic E-state index is 0.0775. The third-order valence-corrected chi connectivity index (χ3v) is 4.95. The summed E-state index contributed by atoms with van der Waals surface area (Å²) in [6, 6.07) is 14.8. The number of fused-ring (bicyclic) bond motifs is 3. The number of carbonyl (C=O) groups excluding carboxylic acids is 1. The molecule has 0 unspecified atom stereocenters. The van der Waals surface area contributed by atoms with Crippen molar-refractivity contribution in [1.82, 2.24) is 9.38 Å². The molecular weight excluding hydrogens is 364 g/mol. The van der Waals surface area contributed by atoms with Crippen LogP contribution in [-0.4, -0.2) is 28.6 Å². The van der Waals surface area contributed by atoms with Crippen molar-refractivity contribution in [2.45, 2.75) is 6.92 Å². The van der Waals surface area contributed by atoms with E-state index in [0.717, 1.165) is 16.6 Å². The van der Waals surface area contributed by atoms with Crippen molar-refractivity contribution in [3.05, 3.63) is 69.0 Å². The van der Waals surface area contributed by atoms with E-state index in [9.17, 15) is 9.59 Å². The van der Waals surface area contributed by atoms with Crippen LogP contribution in [0.15, 0.2) is 53.3 Å². The highest BCUT2D eigenvalue weighted by atomic mass is 32.1. The van der Waals surface area contributed by atoms with E-state index < -0.39 is 5.97 Å². The van der Waals surface area contributed by atoms with Crippen LogP contribution < -0.4 is 14.8 Å². The van der Waals surface area contributed by atoms with Crippen LogP contribution >= 0.6 is 11.3 Å². The van der Waals surface area contributed by atoms with Crippen molar-refractivity contribution in [2.24, 2.45) is 0 Å². The lowest BCUT2D eigenvalue weighted by molar-refractivity contribution is -0.145. The average Bonchev–Trinajstić information content (AvgIpc) is 3.18. The number of aromatic nitrogens is 2. The molecule has 0 saturated carbocycles. The summed E-state index contributed by atoms with van der Waals surface area (Å²) in [6.45, 7) is 1.95. The first-order valence-electron chi connectivity index (χ1n) is 8.46. The molecule has 136 valence electrons. The van der Waals surface area contributed by atoms with Gasteiger partial charge in [-0.25, -0.2) is 14.2 Å². The lowest BCUT2D eigenvalue weighted by Crippen LogP contribution is -2.22. The number of esters is 1. The summed E-state index contributed by atoms with van der Waals surface area (Å²) >= 11 is 1.36. The molecule has 7 heteroatoms. The lowest BCUT2D eigenvalue weighted by atomic mass is 10.2. The Balaban J connectivity index is 1.61. The Hall–Kier alpha value is -3.19. The van der Waals surface area contributed by atoms with Crippen LogP contribution in [0.25, 0.3) is 22.1 Å². The maximum Gasteiger partial charge on any atom is 0.344 e. The van der Waals surface area contributed by atoms with E-state index in [-0.39, 0.29) is 12.2 Å². The average molecular weight is 380 g/mol. The smallest absolute Gasteiger partial charge is 0.344 e. The third-order valence-electron chi connectivity index (χ3n) is 3.99. The summed E-state index contributed by atoms with van der Waals surface area (Å²) in [5, 5.41) is 0. The van der Waals surface area contributed by atoms with Gasteiger partial charge in [0.1, 0.15) is 5.75 Å². The van der Waals surface area contributed by atoms with Gasteiger partial charge in [-0.3, -0.25) is 4.79 Å². The lowest BCUT2D eigenvalue weighted by Gasteiger charge is -2.05. The molecule has 0 fully saturated rings. The fraction of sp³-hybridized carbons (Fsp3) is 0.150. The molecule has 0 aliphatic rings. The summed E-state index contributed by atoms with van der Waals surface area (Å²) in [5.41, 5.74) is 2.42. The molecule has 2 heterocycles. The van der Waals surface area contributed by atoms with Crippen molar-refractivity contribution < 1.29 is 14.3 Å². The Bertz CT molecular complexity index is 1220. The number of benzene rings is 2. The van der Waals surface area contributed by atoms with Gasteiger partial charge < -0.3 is 9.47 Å². The van der Waals surface area contributed by atoms with Crippen molar-refractivity contribution in [3.8, 4) is 5.75 Å². The number of ether oxygens (including phenoxy) is 2. The number of para-hydroxylation sites is 2. The summed E-state index contributed by atoms with van der Waals surface area (Å²) in [7, 11) is 0. The highest BCUT2D eigenvalue weighted by Crippen LogP contribution is 2.16. The van der Waals surface area contributed by atoms with Gasteiger partial charge in [0.2, 0.25) is 0 Å². The highest BCUT2D eigenvalue weighted by molar-refractivity contribution is 7.15. The second kappa shape index (κ2) is 7.20. The summed E-state index contributed by atoms with van der Waals surface area (Å²) in [5.74, 6) is 0.160. The van der Waals surface area contributed by atoms with Crippen LogP contribution in [0.4, 0.5) is 0 Å². The molecule has 0 aliphatic heterocycles. The van der Waals surface area contributed by atoms with Crippen LogP contribution in [0.5, 0.6) is 5.75 Å². The Morgan fingerprint density at radius 2 is 1.96 bits per heavy atom. The van der Waals surface area contributed by atoms with Crippen molar-refractivity contribution >= 4 is 39.4 Å². The molecule has 0 aliphatic carbocycles. The van der Waals surface area contributed by atoms with Gasteiger partial charge in [-0.15, -0.1) is 0 Å². The quantitative estimate of drug-likeness (QED) is 0.497. The zero-order chi connectivity index (χ0) is 18.8. The van der Waals surface area contributed by atoms with Gasteiger partial charge in [0.05, 0.1) is 22.2 Å². The maximum absolute atomic E-state index is 12.7. The molecule has 0 spiro atoms. The van der Waals surface area contributed by atoms with Crippen LogP contribution in [-0.2, 0) is 9.53 Å². The standard InChI is InChI=1S/C20H16N2O4S/c1-2-25-18(23)12-26-14-9-7-13(8-10-14)11-17-19(24)22-16-6-4-3-5-15(16)21-20(22)27-17/h3-11H,2,12H2,1H3. The second-order valence-corrected chi connectivity index (χ2v) is 6.81. The van der Waals surface area contributed by atoms with Gasteiger partial charge in [0.15, 0.2) is 11.6 Å². The monoisotopic (exact) mass is 380 g/mol. The minimum atomic E-state index is -0.404. The van der Waals surface area contributed by atoms with Gasteiger partial charge in [0.25, 0.3) is 5.56 Å². The number of imidazole rings is 1. The molecule has 4 aromatic rings. The fourth-order valence-corrected chi connectivity index (χ4v) is 3.76. The van der Waals surface area contributed by atoms with Crippen molar-refractivity contribution in [2.75, 3.05) is 13.2 Å². The molecule has 2 aromatic carbocycles. The first kappa shape index (κ1) is 17.2. The second-order valence-electron chi connectivity index (χ2n) is 5.80. The van der Waals surface area contributed by atoms with E-state index in [1.54, 1.807) is 23.5 Å². The fourth-order valence-electron chi connectivity index (χ4n) is 2.77. The molecular formula is C20H16N2O4S. The zero-order valence-corrected chi connectivity index (χ0v) is 15.4. The first-order chi connectivity index (χ1) is 13.2. The van der Waals surface area contributed by atoms with Crippen LogP contribution in [0, 0.1) is 0 Å². The number of carbonyl (C=O) groups is 1. The number of hydrogen-bond donors (Lipinski definition) is 0. The predicted octanol–water partition coefficient (Wildman–Crippen LogP) is 2.40. The molecule has 0 amide bonds. The molecule has 0 radical (unpaired) electrons. The molecule has 6 nitrogen and oxygen atoms in total. The van der Waals surface area contributed by atoms with Crippen LogP contribution in [0.1, 0.15) is 12.5 Å². The number of rotatable bonds is 5. The molecule has 27 heavy (non-hydrogen) atoms. The minimum Gasteiger partial charge on any atom is -0.482 e. The molecule has 0 N–H and O–H groups in total. The zero-order valence-electron chi connectivity index (χ0n) is 14.5.